The summed E-state index contributed by atoms with van der Waals surface area (Å²) in [7, 11) is 0. The summed E-state index contributed by atoms with van der Waals surface area (Å²) in [5, 5.41) is 17.3. The van der Waals surface area contributed by atoms with Crippen LogP contribution in [0.25, 0.3) is 22.1 Å². The minimum Gasteiger partial charge on any atom is -0.478 e. The van der Waals surface area contributed by atoms with E-state index in [-0.39, 0.29) is 17.6 Å². The Morgan fingerprint density at radius 1 is 0.960 bits per heavy atom. The molecule has 1 saturated heterocycles. The zero-order valence-corrected chi connectivity index (χ0v) is 26.0. The number of rotatable bonds is 9. The smallest absolute Gasteiger partial charge is 0.478 e. The molecular formula is C30H32F7N7O6. The Labute approximate surface area is 278 Å². The summed E-state index contributed by atoms with van der Waals surface area (Å²) in [6.45, 7) is 3.49. The number of aliphatic carboxylic acids is 2. The number of carbonyl (C=O) groups is 3. The van der Waals surface area contributed by atoms with Crippen LogP contribution in [-0.4, -0.2) is 98.0 Å². The number of anilines is 1. The first-order valence-corrected chi connectivity index (χ1v) is 14.8. The van der Waals surface area contributed by atoms with Crippen molar-refractivity contribution in [1.82, 2.24) is 24.8 Å². The number of piperidine rings is 1. The van der Waals surface area contributed by atoms with Crippen molar-refractivity contribution >= 4 is 45.6 Å². The first-order chi connectivity index (χ1) is 23.5. The van der Waals surface area contributed by atoms with Gasteiger partial charge in [-0.25, -0.2) is 23.9 Å². The number of aromatic amines is 1. The second-order valence-electron chi connectivity index (χ2n) is 10.6. The lowest BCUT2D eigenvalue weighted by molar-refractivity contribution is -0.193. The summed E-state index contributed by atoms with van der Waals surface area (Å²) in [6, 6.07) is 10.3. The van der Waals surface area contributed by atoms with Crippen molar-refractivity contribution in [3.05, 3.63) is 54.2 Å². The normalized spacial score (nSPS) is 13.9. The minimum atomic E-state index is -5.08. The van der Waals surface area contributed by atoms with Crippen LogP contribution < -0.4 is 15.8 Å². The number of para-hydroxylation sites is 1. The van der Waals surface area contributed by atoms with Crippen LogP contribution in [-0.2, 0) is 20.8 Å². The number of benzene rings is 1. The molecule has 4 aromatic rings. The summed E-state index contributed by atoms with van der Waals surface area (Å²) in [4.78, 5) is 49.7. The number of halogens is 7. The number of hydrogen-bond donors (Lipinski definition) is 5. The Balaban J connectivity index is 0.000000408. The second kappa shape index (κ2) is 17.5. The number of ether oxygens (including phenoxy) is 1. The van der Waals surface area contributed by atoms with Gasteiger partial charge in [0.1, 0.15) is 16.9 Å². The number of carbonyl (C=O) groups excluding carboxylic acids is 1. The van der Waals surface area contributed by atoms with Gasteiger partial charge in [0.2, 0.25) is 11.8 Å². The van der Waals surface area contributed by atoms with Crippen molar-refractivity contribution in [2.24, 2.45) is 11.7 Å². The van der Waals surface area contributed by atoms with Gasteiger partial charge in [-0.05, 0) is 63.2 Å². The van der Waals surface area contributed by atoms with Crippen molar-refractivity contribution in [3.63, 3.8) is 0 Å². The van der Waals surface area contributed by atoms with Crippen LogP contribution in [0.3, 0.4) is 0 Å². The molecule has 20 heteroatoms. The van der Waals surface area contributed by atoms with E-state index in [4.69, 9.17) is 30.3 Å². The second-order valence-corrected chi connectivity index (χ2v) is 10.6. The lowest BCUT2D eigenvalue weighted by atomic mass is 9.95. The third-order valence-electron chi connectivity index (χ3n) is 7.04. The largest absolute Gasteiger partial charge is 0.490 e. The van der Waals surface area contributed by atoms with Crippen LogP contribution >= 0.6 is 0 Å². The van der Waals surface area contributed by atoms with E-state index < -0.39 is 24.3 Å². The maximum Gasteiger partial charge on any atom is 0.490 e. The summed E-state index contributed by atoms with van der Waals surface area (Å²) in [6.07, 6.45) is -5.52. The predicted molar refractivity (Wildman–Crippen MR) is 164 cm³/mol. The third-order valence-corrected chi connectivity index (χ3v) is 7.04. The van der Waals surface area contributed by atoms with Crippen LogP contribution in [0.2, 0.25) is 0 Å². The van der Waals surface area contributed by atoms with Crippen LogP contribution in [0.15, 0.2) is 42.6 Å². The van der Waals surface area contributed by atoms with Gasteiger partial charge in [-0.1, -0.05) is 6.07 Å². The number of fused-ring (bicyclic) bond motifs is 2. The number of likely N-dealkylation sites (tertiary alicyclic amines) is 1. The first-order valence-electron chi connectivity index (χ1n) is 14.8. The molecule has 0 saturated carbocycles. The lowest BCUT2D eigenvalue weighted by Crippen LogP contribution is -2.39. The standard InChI is InChI=1S/C26H30FN7O2.2C2HF3O2/c27-18-3-1-4-20-24(18)32-22(30-20)10-15-34-13-8-17(9-14-34)26(35)31-21-7-12-29-19-5-6-23(33-25(19)21)36-16-2-11-28;2*3-2(4,5)1(6)7/h1,3-7,12,17H,2,8-11,13-16,28H2,(H,30,32)(H,29,31,35);2*(H,6,7). The van der Waals surface area contributed by atoms with Crippen LogP contribution in [0.5, 0.6) is 5.88 Å². The van der Waals surface area contributed by atoms with Gasteiger partial charge in [0.05, 0.1) is 23.3 Å². The molecule has 272 valence electrons. The molecule has 5 rings (SSSR count). The molecular weight excluding hydrogens is 687 g/mol. The zero-order valence-electron chi connectivity index (χ0n) is 26.0. The number of carboxylic acids is 2. The highest BCUT2D eigenvalue weighted by Gasteiger charge is 2.39. The van der Waals surface area contributed by atoms with Gasteiger partial charge in [0.15, 0.2) is 5.82 Å². The number of H-pyrrole nitrogens is 1. The molecule has 4 heterocycles. The summed E-state index contributed by atoms with van der Waals surface area (Å²) < 4.78 is 83.0. The van der Waals surface area contributed by atoms with Gasteiger partial charge in [0, 0.05) is 31.1 Å². The molecule has 0 unspecified atom stereocenters. The summed E-state index contributed by atoms with van der Waals surface area (Å²) >= 11 is 0. The molecule has 3 aromatic heterocycles. The number of nitrogens with zero attached hydrogens (tertiary/aromatic N) is 4. The number of nitrogens with one attached hydrogen (secondary N) is 2. The summed E-state index contributed by atoms with van der Waals surface area (Å²) in [5.74, 6) is -4.65. The minimum absolute atomic E-state index is 0.00818. The van der Waals surface area contributed by atoms with Crippen molar-refractivity contribution < 1.29 is 60.1 Å². The Morgan fingerprint density at radius 2 is 1.60 bits per heavy atom. The van der Waals surface area contributed by atoms with Crippen molar-refractivity contribution in [1.29, 1.82) is 0 Å². The van der Waals surface area contributed by atoms with Gasteiger partial charge in [-0.3, -0.25) is 9.78 Å². The Bertz CT molecular complexity index is 1740. The number of pyridine rings is 2. The fraction of sp³-hybridized carbons (Fsp3) is 0.400. The molecule has 13 nitrogen and oxygen atoms in total. The monoisotopic (exact) mass is 719 g/mol. The van der Waals surface area contributed by atoms with E-state index in [1.165, 1.54) is 6.07 Å². The van der Waals surface area contributed by atoms with E-state index in [1.807, 2.05) is 12.1 Å². The van der Waals surface area contributed by atoms with Crippen LogP contribution in [0.4, 0.5) is 36.4 Å². The summed E-state index contributed by atoms with van der Waals surface area (Å²) in [5.41, 5.74) is 8.56. The Kier molecular flexibility index (Phi) is 13.8. The Morgan fingerprint density at radius 3 is 2.18 bits per heavy atom. The fourth-order valence-electron chi connectivity index (χ4n) is 4.53. The van der Waals surface area contributed by atoms with Gasteiger partial charge >= 0.3 is 24.3 Å². The lowest BCUT2D eigenvalue weighted by Gasteiger charge is -2.31. The highest BCUT2D eigenvalue weighted by atomic mass is 19.4. The van der Waals surface area contributed by atoms with E-state index in [9.17, 15) is 35.5 Å². The van der Waals surface area contributed by atoms with Crippen molar-refractivity contribution in [2.45, 2.75) is 38.0 Å². The highest BCUT2D eigenvalue weighted by Crippen LogP contribution is 2.25. The maximum absolute atomic E-state index is 13.9. The molecule has 0 bridgehead atoms. The van der Waals surface area contributed by atoms with Gasteiger partial charge in [-0.2, -0.15) is 26.3 Å². The third kappa shape index (κ3) is 11.8. The van der Waals surface area contributed by atoms with Crippen molar-refractivity contribution in [3.8, 4) is 5.88 Å². The molecule has 0 aliphatic carbocycles. The SMILES string of the molecule is NCCCOc1ccc2nccc(NC(=O)C3CCN(CCc4nc5c(F)cccc5[nH]4)CC3)c2n1.O=C(O)C(F)(F)F.O=C(O)C(F)(F)F. The van der Waals surface area contributed by atoms with E-state index >= 15 is 0 Å². The number of amides is 1. The molecule has 1 aliphatic rings. The van der Waals surface area contributed by atoms with E-state index in [0.29, 0.717) is 53.2 Å². The molecule has 0 spiro atoms. The van der Waals surface area contributed by atoms with Crippen LogP contribution in [0.1, 0.15) is 25.1 Å². The molecule has 50 heavy (non-hydrogen) atoms. The average molecular weight is 720 g/mol. The number of alkyl halides is 6. The number of hydrogen-bond acceptors (Lipinski definition) is 9. The first kappa shape index (κ1) is 39.3. The average Bonchev–Trinajstić information content (AvgIpc) is 3.49. The van der Waals surface area contributed by atoms with E-state index in [0.717, 1.165) is 44.7 Å². The topological polar surface area (TPSA) is 197 Å². The predicted octanol–water partition coefficient (Wildman–Crippen LogP) is 4.53. The number of carboxylic acid groups (broad SMARTS) is 2. The van der Waals surface area contributed by atoms with E-state index in [1.54, 1.807) is 24.4 Å². The van der Waals surface area contributed by atoms with Gasteiger partial charge < -0.3 is 35.9 Å². The number of nitrogens with two attached hydrogens (primary N) is 1. The number of imidazole rings is 1. The molecule has 1 aromatic carbocycles. The zero-order chi connectivity index (χ0) is 37.1. The molecule has 6 N–H and O–H groups in total. The highest BCUT2D eigenvalue weighted by molar-refractivity contribution is 6.00. The van der Waals surface area contributed by atoms with Crippen molar-refractivity contribution in [2.75, 3.05) is 38.1 Å². The molecule has 1 amide bonds. The molecule has 1 aliphatic heterocycles. The molecule has 1 fully saturated rings. The Hall–Kier alpha value is -5.11. The molecule has 0 radical (unpaired) electrons. The van der Waals surface area contributed by atoms with E-state index in [2.05, 4.69) is 30.2 Å². The number of aromatic nitrogens is 4. The van der Waals surface area contributed by atoms with Gasteiger partial charge in [0.25, 0.3) is 0 Å². The van der Waals surface area contributed by atoms with Gasteiger partial charge in [-0.15, -0.1) is 0 Å². The quantitative estimate of drug-likeness (QED) is 0.120. The maximum atomic E-state index is 13.9. The van der Waals surface area contributed by atoms with Crippen LogP contribution in [0, 0.1) is 11.7 Å². The fourth-order valence-corrected chi connectivity index (χ4v) is 4.53. The molecule has 0 atom stereocenters.